The maximum Gasteiger partial charge on any atom is 0.410 e. The van der Waals surface area contributed by atoms with E-state index in [0.29, 0.717) is 37.3 Å². The number of carbonyl (C=O) groups is 3. The van der Waals surface area contributed by atoms with E-state index in [4.69, 9.17) is 10.5 Å². The maximum absolute atomic E-state index is 12.6. The number of rotatable bonds is 5. The molecule has 0 aliphatic carbocycles. The molecule has 0 atom stereocenters. The van der Waals surface area contributed by atoms with E-state index in [2.05, 4.69) is 4.90 Å². The predicted molar refractivity (Wildman–Crippen MR) is 106 cm³/mol. The van der Waals surface area contributed by atoms with E-state index < -0.39 is 11.5 Å². The lowest BCUT2D eigenvalue weighted by atomic mass is 10.1. The summed E-state index contributed by atoms with van der Waals surface area (Å²) in [5, 5.41) is 0. The zero-order valence-electron chi connectivity index (χ0n) is 17.1. The molecular formula is C20H30N4O4. The highest BCUT2D eigenvalue weighted by Crippen LogP contribution is 2.12. The third kappa shape index (κ3) is 6.23. The fraction of sp³-hybridized carbons (Fsp3) is 0.550. The number of ether oxygens (including phenoxy) is 1. The van der Waals surface area contributed by atoms with Crippen LogP contribution in [0.15, 0.2) is 24.3 Å². The second kappa shape index (κ2) is 9.05. The molecule has 0 saturated carbocycles. The average Bonchev–Trinajstić information content (AvgIpc) is 2.64. The first-order chi connectivity index (χ1) is 13.1. The second-order valence-electron chi connectivity index (χ2n) is 7.98. The fourth-order valence-corrected chi connectivity index (χ4v) is 2.90. The molecule has 0 bridgehead atoms. The summed E-state index contributed by atoms with van der Waals surface area (Å²) in [5.74, 6) is -0.712. The first-order valence-corrected chi connectivity index (χ1v) is 9.42. The molecule has 0 unspecified atom stereocenters. The van der Waals surface area contributed by atoms with Crippen molar-refractivity contribution in [2.45, 2.75) is 26.4 Å². The Balaban J connectivity index is 1.80. The van der Waals surface area contributed by atoms with Gasteiger partial charge >= 0.3 is 6.09 Å². The number of benzene rings is 1. The summed E-state index contributed by atoms with van der Waals surface area (Å²) in [4.78, 5) is 41.5. The number of nitrogens with two attached hydrogens (primary N) is 1. The van der Waals surface area contributed by atoms with Gasteiger partial charge in [-0.1, -0.05) is 6.07 Å². The second-order valence-corrected chi connectivity index (χ2v) is 7.98. The molecule has 0 radical (unpaired) electrons. The fourth-order valence-electron chi connectivity index (χ4n) is 2.90. The summed E-state index contributed by atoms with van der Waals surface area (Å²) < 4.78 is 5.40. The van der Waals surface area contributed by atoms with E-state index in [1.165, 1.54) is 6.07 Å². The molecule has 3 amide bonds. The Kier molecular flexibility index (Phi) is 7.01. The van der Waals surface area contributed by atoms with Gasteiger partial charge < -0.3 is 20.3 Å². The van der Waals surface area contributed by atoms with Gasteiger partial charge in [0.25, 0.3) is 5.91 Å². The van der Waals surface area contributed by atoms with E-state index in [1.807, 2.05) is 20.8 Å². The van der Waals surface area contributed by atoms with Crippen molar-refractivity contribution in [1.82, 2.24) is 14.7 Å². The van der Waals surface area contributed by atoms with Gasteiger partial charge in [-0.25, -0.2) is 4.79 Å². The molecule has 8 nitrogen and oxygen atoms in total. The summed E-state index contributed by atoms with van der Waals surface area (Å²) in [5.41, 5.74) is 5.53. The minimum absolute atomic E-state index is 0.157. The van der Waals surface area contributed by atoms with Crippen LogP contribution in [0, 0.1) is 0 Å². The molecule has 28 heavy (non-hydrogen) atoms. The van der Waals surface area contributed by atoms with Crippen LogP contribution in [0.4, 0.5) is 4.79 Å². The summed E-state index contributed by atoms with van der Waals surface area (Å²) in [6.07, 6.45) is -0.284. The van der Waals surface area contributed by atoms with Crippen LogP contribution in [0.25, 0.3) is 0 Å². The van der Waals surface area contributed by atoms with Crippen LogP contribution >= 0.6 is 0 Å². The number of likely N-dealkylation sites (N-methyl/N-ethyl adjacent to an activating group) is 1. The van der Waals surface area contributed by atoms with Crippen molar-refractivity contribution in [2.75, 3.05) is 46.3 Å². The zero-order valence-corrected chi connectivity index (χ0v) is 17.1. The van der Waals surface area contributed by atoms with Gasteiger partial charge in [0.05, 0.1) is 0 Å². The monoisotopic (exact) mass is 390 g/mol. The van der Waals surface area contributed by atoms with Crippen molar-refractivity contribution in [3.8, 4) is 0 Å². The Labute approximate surface area is 166 Å². The predicted octanol–water partition coefficient (Wildman–Crippen LogP) is 1.41. The van der Waals surface area contributed by atoms with E-state index in [9.17, 15) is 14.4 Å². The summed E-state index contributed by atoms with van der Waals surface area (Å²) in [6.45, 7) is 9.50. The van der Waals surface area contributed by atoms with Gasteiger partial charge in [0, 0.05) is 57.4 Å². The Morgan fingerprint density at radius 2 is 1.71 bits per heavy atom. The van der Waals surface area contributed by atoms with Crippen LogP contribution < -0.4 is 5.73 Å². The van der Waals surface area contributed by atoms with E-state index in [1.54, 1.807) is 35.0 Å². The van der Waals surface area contributed by atoms with E-state index in [-0.39, 0.29) is 12.0 Å². The number of primary amides is 1. The highest BCUT2D eigenvalue weighted by Gasteiger charge is 2.26. The highest BCUT2D eigenvalue weighted by atomic mass is 16.6. The topological polar surface area (TPSA) is 96.2 Å². The maximum atomic E-state index is 12.6. The number of hydrogen-bond donors (Lipinski definition) is 1. The van der Waals surface area contributed by atoms with E-state index >= 15 is 0 Å². The van der Waals surface area contributed by atoms with Crippen molar-refractivity contribution in [3.05, 3.63) is 35.4 Å². The molecule has 1 aromatic carbocycles. The largest absolute Gasteiger partial charge is 0.444 e. The third-order valence-electron chi connectivity index (χ3n) is 4.52. The van der Waals surface area contributed by atoms with Crippen LogP contribution in [-0.4, -0.2) is 84.5 Å². The Morgan fingerprint density at radius 1 is 1.11 bits per heavy atom. The smallest absolute Gasteiger partial charge is 0.410 e. The molecule has 1 aromatic rings. The number of carbonyl (C=O) groups excluding carboxylic acids is 3. The summed E-state index contributed by atoms with van der Waals surface area (Å²) in [7, 11) is 1.73. The minimum Gasteiger partial charge on any atom is -0.444 e. The number of hydrogen-bond acceptors (Lipinski definition) is 5. The molecule has 1 aliphatic rings. The lowest BCUT2D eigenvalue weighted by molar-refractivity contribution is 0.0141. The van der Waals surface area contributed by atoms with Gasteiger partial charge in [-0.15, -0.1) is 0 Å². The van der Waals surface area contributed by atoms with Gasteiger partial charge in [-0.3, -0.25) is 14.5 Å². The van der Waals surface area contributed by atoms with Crippen molar-refractivity contribution in [3.63, 3.8) is 0 Å². The van der Waals surface area contributed by atoms with Crippen LogP contribution in [0.5, 0.6) is 0 Å². The van der Waals surface area contributed by atoms with Gasteiger partial charge in [-0.05, 0) is 39.0 Å². The van der Waals surface area contributed by atoms with Gasteiger partial charge in [-0.2, -0.15) is 0 Å². The number of nitrogens with zero attached hydrogens (tertiary/aromatic N) is 3. The molecule has 2 rings (SSSR count). The molecule has 1 aliphatic heterocycles. The molecule has 1 saturated heterocycles. The first kappa shape index (κ1) is 21.7. The molecule has 1 heterocycles. The van der Waals surface area contributed by atoms with E-state index in [0.717, 1.165) is 13.1 Å². The van der Waals surface area contributed by atoms with Crippen molar-refractivity contribution in [1.29, 1.82) is 0 Å². The van der Waals surface area contributed by atoms with Crippen molar-refractivity contribution >= 4 is 17.9 Å². The summed E-state index contributed by atoms with van der Waals surface area (Å²) >= 11 is 0. The van der Waals surface area contributed by atoms with Gasteiger partial charge in [0.15, 0.2) is 0 Å². The standard InChI is InChI=1S/C20H30N4O4/c1-20(2,3)28-19(27)24-12-10-23(11-13-24)9-8-22(4)18(26)16-7-5-6-15(14-16)17(21)25/h5-7,14H,8-13H2,1-4H3,(H2,21,25). The molecular weight excluding hydrogens is 360 g/mol. The lowest BCUT2D eigenvalue weighted by Crippen LogP contribution is -2.51. The van der Waals surface area contributed by atoms with Crippen LogP contribution in [-0.2, 0) is 4.74 Å². The molecule has 1 fully saturated rings. The molecule has 8 heteroatoms. The quantitative estimate of drug-likeness (QED) is 0.820. The normalized spacial score (nSPS) is 15.2. The molecule has 154 valence electrons. The van der Waals surface area contributed by atoms with Crippen LogP contribution in [0.2, 0.25) is 0 Å². The lowest BCUT2D eigenvalue weighted by Gasteiger charge is -2.36. The number of piperazine rings is 1. The SMILES string of the molecule is CN(CCN1CCN(C(=O)OC(C)(C)C)CC1)C(=O)c1cccc(C(N)=O)c1. The Morgan fingerprint density at radius 3 is 2.29 bits per heavy atom. The first-order valence-electron chi connectivity index (χ1n) is 9.42. The van der Waals surface area contributed by atoms with Crippen molar-refractivity contribution in [2.24, 2.45) is 5.73 Å². The van der Waals surface area contributed by atoms with Crippen molar-refractivity contribution < 1.29 is 19.1 Å². The van der Waals surface area contributed by atoms with Crippen LogP contribution in [0.3, 0.4) is 0 Å². The molecule has 2 N–H and O–H groups in total. The Bertz CT molecular complexity index is 721. The highest BCUT2D eigenvalue weighted by molar-refractivity contribution is 5.98. The zero-order chi connectivity index (χ0) is 20.9. The third-order valence-corrected chi connectivity index (χ3v) is 4.52. The van der Waals surface area contributed by atoms with Crippen LogP contribution in [0.1, 0.15) is 41.5 Å². The summed E-state index contributed by atoms with van der Waals surface area (Å²) in [6, 6.07) is 6.42. The molecule has 0 aromatic heterocycles. The number of amides is 3. The van der Waals surface area contributed by atoms with Gasteiger partial charge in [0.1, 0.15) is 5.60 Å². The van der Waals surface area contributed by atoms with Gasteiger partial charge in [0.2, 0.25) is 5.91 Å². The minimum atomic E-state index is -0.555. The average molecular weight is 390 g/mol. The molecule has 0 spiro atoms. The Hall–Kier alpha value is -2.61.